The molecule has 2 aromatic carbocycles. The van der Waals surface area contributed by atoms with E-state index in [1.165, 1.54) is 12.4 Å². The van der Waals surface area contributed by atoms with Crippen molar-refractivity contribution in [2.75, 3.05) is 10.6 Å². The summed E-state index contributed by atoms with van der Waals surface area (Å²) in [6, 6.07) is 15.6. The number of anilines is 4. The van der Waals surface area contributed by atoms with E-state index in [1.54, 1.807) is 21.6 Å². The molecule has 162 valence electrons. The fourth-order valence-corrected chi connectivity index (χ4v) is 5.32. The summed E-state index contributed by atoms with van der Waals surface area (Å²) in [5.41, 5.74) is 1.66. The second-order valence-corrected chi connectivity index (χ2v) is 9.78. The number of hydrogen-bond donors (Lipinski definition) is 2. The van der Waals surface area contributed by atoms with E-state index < -0.39 is 0 Å². The van der Waals surface area contributed by atoms with Gasteiger partial charge in [0.25, 0.3) is 0 Å². The lowest BCUT2D eigenvalue weighted by Crippen LogP contribution is -1.98. The van der Waals surface area contributed by atoms with Crippen molar-refractivity contribution in [3.8, 4) is 0 Å². The number of nitrogens with zero attached hydrogens (tertiary/aromatic N) is 4. The molecule has 0 aliphatic heterocycles. The van der Waals surface area contributed by atoms with Crippen molar-refractivity contribution >= 4 is 91.0 Å². The highest BCUT2D eigenvalue weighted by atomic mass is 35.5. The molecule has 0 unspecified atom stereocenters. The fraction of sp³-hybridized carbons (Fsp3) is 0. The number of rotatable bonds is 7. The lowest BCUT2D eigenvalue weighted by molar-refractivity contribution is 1.16. The molecule has 12 heteroatoms. The zero-order valence-electron chi connectivity index (χ0n) is 15.9. The molecule has 0 spiro atoms. The van der Waals surface area contributed by atoms with Crippen LogP contribution in [0.1, 0.15) is 0 Å². The summed E-state index contributed by atoms with van der Waals surface area (Å²) < 4.78 is 0. The number of benzene rings is 2. The molecule has 0 saturated heterocycles. The van der Waals surface area contributed by atoms with Crippen molar-refractivity contribution < 1.29 is 0 Å². The third kappa shape index (κ3) is 5.89. The summed E-state index contributed by atoms with van der Waals surface area (Å²) in [6.45, 7) is 0. The molecular formula is C20H12Cl4N6S2. The van der Waals surface area contributed by atoms with Crippen LogP contribution in [0.5, 0.6) is 0 Å². The molecule has 0 atom stereocenters. The van der Waals surface area contributed by atoms with Crippen LogP contribution in [0.3, 0.4) is 0 Å². The first-order valence-electron chi connectivity index (χ1n) is 8.92. The van der Waals surface area contributed by atoms with Gasteiger partial charge in [-0.3, -0.25) is 0 Å². The molecule has 0 amide bonds. The van der Waals surface area contributed by atoms with Crippen LogP contribution in [0.4, 0.5) is 23.0 Å². The van der Waals surface area contributed by atoms with Crippen molar-refractivity contribution in [3.63, 3.8) is 0 Å². The van der Waals surface area contributed by atoms with Gasteiger partial charge in [-0.25, -0.2) is 9.97 Å². The lowest BCUT2D eigenvalue weighted by Gasteiger charge is -2.14. The highest BCUT2D eigenvalue weighted by Gasteiger charge is 2.12. The average molecular weight is 542 g/mol. The SMILES string of the molecule is Clc1ncc(Cl)c(Nc2ccccc2SSc2ccccc2Nc2nc(Cl)ncc2Cl)n1. The minimum atomic E-state index is 0.111. The van der Waals surface area contributed by atoms with Crippen LogP contribution in [0, 0.1) is 0 Å². The molecule has 4 aromatic rings. The Bertz CT molecular complexity index is 1160. The summed E-state index contributed by atoms with van der Waals surface area (Å²) in [4.78, 5) is 18.0. The number of para-hydroxylation sites is 2. The monoisotopic (exact) mass is 540 g/mol. The molecule has 2 N–H and O–H groups in total. The van der Waals surface area contributed by atoms with Gasteiger partial charge in [-0.15, -0.1) is 0 Å². The first-order chi connectivity index (χ1) is 15.5. The van der Waals surface area contributed by atoms with E-state index in [-0.39, 0.29) is 10.6 Å². The van der Waals surface area contributed by atoms with Crippen molar-refractivity contribution in [3.05, 3.63) is 81.5 Å². The van der Waals surface area contributed by atoms with Gasteiger partial charge in [0.15, 0.2) is 11.6 Å². The normalized spacial score (nSPS) is 10.8. The van der Waals surface area contributed by atoms with Crippen LogP contribution in [0.25, 0.3) is 0 Å². The van der Waals surface area contributed by atoms with Gasteiger partial charge in [0, 0.05) is 9.79 Å². The minimum absolute atomic E-state index is 0.111. The number of aromatic nitrogens is 4. The first kappa shape index (κ1) is 23.2. The zero-order valence-corrected chi connectivity index (χ0v) is 20.5. The Morgan fingerprint density at radius 1 is 0.594 bits per heavy atom. The molecular weight excluding hydrogens is 530 g/mol. The predicted molar refractivity (Wildman–Crippen MR) is 135 cm³/mol. The quantitative estimate of drug-likeness (QED) is 0.179. The molecule has 32 heavy (non-hydrogen) atoms. The van der Waals surface area contributed by atoms with E-state index in [0.29, 0.717) is 21.7 Å². The van der Waals surface area contributed by atoms with Gasteiger partial charge < -0.3 is 10.6 Å². The topological polar surface area (TPSA) is 75.6 Å². The molecule has 0 aliphatic carbocycles. The molecule has 0 bridgehead atoms. The van der Waals surface area contributed by atoms with Gasteiger partial charge in [0.2, 0.25) is 10.6 Å². The van der Waals surface area contributed by atoms with E-state index >= 15 is 0 Å². The van der Waals surface area contributed by atoms with E-state index in [4.69, 9.17) is 46.4 Å². The molecule has 0 fully saturated rings. The van der Waals surface area contributed by atoms with Gasteiger partial charge in [0.05, 0.1) is 23.8 Å². The Hall–Kier alpha value is -1.94. The van der Waals surface area contributed by atoms with Crippen molar-refractivity contribution in [1.82, 2.24) is 19.9 Å². The highest BCUT2D eigenvalue weighted by molar-refractivity contribution is 8.76. The average Bonchev–Trinajstić information content (AvgIpc) is 2.79. The van der Waals surface area contributed by atoms with Gasteiger partial charge in [-0.1, -0.05) is 69.1 Å². The minimum Gasteiger partial charge on any atom is -0.338 e. The molecule has 0 aliphatic rings. The van der Waals surface area contributed by atoms with Crippen LogP contribution < -0.4 is 10.6 Å². The van der Waals surface area contributed by atoms with Crippen LogP contribution in [0.15, 0.2) is 70.7 Å². The van der Waals surface area contributed by atoms with Gasteiger partial charge >= 0.3 is 0 Å². The Morgan fingerprint density at radius 2 is 1.00 bits per heavy atom. The van der Waals surface area contributed by atoms with E-state index in [1.807, 2.05) is 48.5 Å². The maximum atomic E-state index is 6.20. The maximum absolute atomic E-state index is 6.20. The van der Waals surface area contributed by atoms with Crippen LogP contribution in [-0.2, 0) is 0 Å². The predicted octanol–water partition coefficient (Wildman–Crippen LogP) is 8.17. The zero-order chi connectivity index (χ0) is 22.5. The third-order valence-electron chi connectivity index (χ3n) is 3.93. The summed E-state index contributed by atoms with van der Waals surface area (Å²) in [6.07, 6.45) is 2.91. The summed E-state index contributed by atoms with van der Waals surface area (Å²) in [5, 5.41) is 7.41. The Morgan fingerprint density at radius 3 is 1.44 bits per heavy atom. The largest absolute Gasteiger partial charge is 0.338 e. The first-order valence-corrected chi connectivity index (χ1v) is 12.6. The van der Waals surface area contributed by atoms with Crippen LogP contribution in [0.2, 0.25) is 20.6 Å². The number of halogens is 4. The molecule has 4 rings (SSSR count). The van der Waals surface area contributed by atoms with Crippen molar-refractivity contribution in [1.29, 1.82) is 0 Å². The van der Waals surface area contributed by atoms with Crippen molar-refractivity contribution in [2.45, 2.75) is 9.79 Å². The molecule has 2 heterocycles. The third-order valence-corrected chi connectivity index (χ3v) is 7.33. The summed E-state index contributed by atoms with van der Waals surface area (Å²) in [7, 11) is 3.13. The van der Waals surface area contributed by atoms with Gasteiger partial charge in [0.1, 0.15) is 10.0 Å². The summed E-state index contributed by atoms with van der Waals surface area (Å²) in [5.74, 6) is 0.865. The maximum Gasteiger partial charge on any atom is 0.224 e. The fourth-order valence-electron chi connectivity index (χ4n) is 2.50. The second-order valence-electron chi connectivity index (χ2n) is 6.08. The van der Waals surface area contributed by atoms with E-state index in [9.17, 15) is 0 Å². The van der Waals surface area contributed by atoms with Gasteiger partial charge in [-0.2, -0.15) is 9.97 Å². The molecule has 0 saturated carbocycles. The van der Waals surface area contributed by atoms with Crippen LogP contribution >= 0.6 is 68.0 Å². The Labute approximate surface area is 211 Å². The highest BCUT2D eigenvalue weighted by Crippen LogP contribution is 2.44. The van der Waals surface area contributed by atoms with Crippen molar-refractivity contribution in [2.24, 2.45) is 0 Å². The lowest BCUT2D eigenvalue weighted by atomic mass is 10.3. The molecule has 6 nitrogen and oxygen atoms in total. The number of hydrogen-bond acceptors (Lipinski definition) is 8. The van der Waals surface area contributed by atoms with E-state index in [2.05, 4.69) is 30.6 Å². The molecule has 0 radical (unpaired) electrons. The Balaban J connectivity index is 1.54. The van der Waals surface area contributed by atoms with Gasteiger partial charge in [-0.05, 0) is 47.5 Å². The smallest absolute Gasteiger partial charge is 0.224 e. The van der Waals surface area contributed by atoms with Crippen LogP contribution in [-0.4, -0.2) is 19.9 Å². The number of nitrogens with one attached hydrogen (secondary N) is 2. The second kappa shape index (κ2) is 10.8. The van der Waals surface area contributed by atoms with E-state index in [0.717, 1.165) is 21.2 Å². The summed E-state index contributed by atoms with van der Waals surface area (Å²) >= 11 is 24.2. The Kier molecular flexibility index (Phi) is 7.83. The molecule has 2 aromatic heterocycles. The standard InChI is InChI=1S/C20H12Cl4N6S2/c21-11-9-25-19(23)29-17(11)27-13-5-1-3-7-15(13)31-32-16-8-4-2-6-14(16)28-18-12(22)10-26-20(24)30-18/h1-10H,(H,25,27,29)(H,26,28,30).